The van der Waals surface area contributed by atoms with Crippen molar-refractivity contribution >= 4 is 39.8 Å². The molecule has 1 radical (unpaired) electrons. The molecular formula is H6LiOSi2. The van der Waals surface area contributed by atoms with E-state index in [0.29, 0.717) is 0 Å². The van der Waals surface area contributed by atoms with E-state index in [-0.39, 0.29) is 18.9 Å². The van der Waals surface area contributed by atoms with Crippen molar-refractivity contribution in [1.82, 2.24) is 0 Å². The summed E-state index contributed by atoms with van der Waals surface area (Å²) >= 11 is 0. The van der Waals surface area contributed by atoms with Gasteiger partial charge in [0, 0.05) is 18.9 Å². The molecule has 0 saturated carbocycles. The Morgan fingerprint density at radius 3 is 1.25 bits per heavy atom. The molecule has 0 aliphatic rings. The number of rotatable bonds is 0. The van der Waals surface area contributed by atoms with Crippen LogP contribution >= 0.6 is 0 Å². The van der Waals surface area contributed by atoms with Crippen LogP contribution in [-0.2, 0) is 4.12 Å². The Labute approximate surface area is 44.4 Å². The van der Waals surface area contributed by atoms with Crippen LogP contribution in [0.3, 0.4) is 0 Å². The molecule has 0 unspecified atom stereocenters. The van der Waals surface area contributed by atoms with Gasteiger partial charge in [-0.25, -0.2) is 0 Å². The molecule has 0 heterocycles. The van der Waals surface area contributed by atoms with Gasteiger partial charge in [0.05, 0.1) is 0 Å². The predicted octanol–water partition coefficient (Wildman–Crippen LogP) is -2.82. The predicted molar refractivity (Wildman–Crippen MR) is 26.7 cm³/mol. The minimum Gasteiger partial charge on any atom is -0.471 e. The van der Waals surface area contributed by atoms with Gasteiger partial charge >= 0.3 is 0 Å². The van der Waals surface area contributed by atoms with Crippen LogP contribution < -0.4 is 0 Å². The summed E-state index contributed by atoms with van der Waals surface area (Å²) in [6, 6.07) is 0. The van der Waals surface area contributed by atoms with Crippen molar-refractivity contribution in [2.45, 2.75) is 0 Å². The molecule has 1 nitrogen and oxygen atoms in total. The van der Waals surface area contributed by atoms with Crippen LogP contribution in [0.1, 0.15) is 0 Å². The van der Waals surface area contributed by atoms with Crippen molar-refractivity contribution in [1.29, 1.82) is 0 Å². The van der Waals surface area contributed by atoms with E-state index in [2.05, 4.69) is 4.12 Å². The van der Waals surface area contributed by atoms with E-state index in [9.17, 15) is 0 Å². The maximum Gasteiger partial charge on any atom is 0.129 e. The van der Waals surface area contributed by atoms with Crippen molar-refractivity contribution in [3.8, 4) is 0 Å². The summed E-state index contributed by atoms with van der Waals surface area (Å²) in [7, 11) is 1.86. The van der Waals surface area contributed by atoms with Crippen LogP contribution in [0.4, 0.5) is 0 Å². The maximum absolute atomic E-state index is 4.53. The monoisotopic (exact) mass is 85.0 g/mol. The van der Waals surface area contributed by atoms with Gasteiger partial charge in [-0.3, -0.25) is 0 Å². The fraction of sp³-hybridized carbons (Fsp3) is 0. The Morgan fingerprint density at radius 2 is 1.25 bits per heavy atom. The molecule has 0 aromatic carbocycles. The van der Waals surface area contributed by atoms with E-state index in [1.165, 1.54) is 0 Å². The molecule has 0 atom stereocenters. The summed E-state index contributed by atoms with van der Waals surface area (Å²) in [5.41, 5.74) is 0. The van der Waals surface area contributed by atoms with Crippen molar-refractivity contribution in [2.75, 3.05) is 0 Å². The fourth-order valence-corrected chi connectivity index (χ4v) is 0. The molecule has 0 aliphatic carbocycles. The summed E-state index contributed by atoms with van der Waals surface area (Å²) in [6.07, 6.45) is 0. The second-order valence-electron chi connectivity index (χ2n) is 0.408. The van der Waals surface area contributed by atoms with Crippen molar-refractivity contribution in [3.05, 3.63) is 0 Å². The molecule has 21 valence electrons. The summed E-state index contributed by atoms with van der Waals surface area (Å²) in [5.74, 6) is 0. The average Bonchev–Trinajstić information content (AvgIpc) is 0.918. The second kappa shape index (κ2) is 9.01. The first-order valence-electron chi connectivity index (χ1n) is 0.816. The van der Waals surface area contributed by atoms with Crippen LogP contribution in [0.25, 0.3) is 0 Å². The van der Waals surface area contributed by atoms with E-state index < -0.39 is 0 Å². The third-order valence-electron chi connectivity index (χ3n) is 0. The SMILES string of the molecule is [Li].[SiH3]O[SiH3]. The minimum atomic E-state index is 0. The normalized spacial score (nSPS) is 6.00. The van der Waals surface area contributed by atoms with Gasteiger partial charge in [0.25, 0.3) is 0 Å². The smallest absolute Gasteiger partial charge is 0.129 e. The van der Waals surface area contributed by atoms with Gasteiger partial charge in [0.2, 0.25) is 0 Å². The van der Waals surface area contributed by atoms with Crippen LogP contribution in [0.15, 0.2) is 0 Å². The molecule has 0 rings (SSSR count). The first-order chi connectivity index (χ1) is 1.41. The summed E-state index contributed by atoms with van der Waals surface area (Å²) in [4.78, 5) is 0. The van der Waals surface area contributed by atoms with E-state index in [4.69, 9.17) is 0 Å². The Balaban J connectivity index is 0. The third-order valence-corrected chi connectivity index (χ3v) is 0. The molecule has 0 aliphatic heterocycles. The van der Waals surface area contributed by atoms with Crippen molar-refractivity contribution in [3.63, 3.8) is 0 Å². The first-order valence-corrected chi connectivity index (χ1v) is 2.45. The first kappa shape index (κ1) is 8.89. The maximum atomic E-state index is 4.53. The fourth-order valence-electron chi connectivity index (χ4n) is 0. The van der Waals surface area contributed by atoms with E-state index >= 15 is 0 Å². The van der Waals surface area contributed by atoms with Gasteiger partial charge in [-0.05, 0) is 0 Å². The zero-order valence-corrected chi connectivity index (χ0v) is 7.41. The molecule has 0 amide bonds. The molecule has 4 heteroatoms. The van der Waals surface area contributed by atoms with Crippen LogP contribution in [0.2, 0.25) is 0 Å². The van der Waals surface area contributed by atoms with Gasteiger partial charge < -0.3 is 4.12 Å². The quantitative estimate of drug-likeness (QED) is 0.288. The number of hydrogen-bond acceptors (Lipinski definition) is 1. The zero-order chi connectivity index (χ0) is 2.71. The molecule has 0 spiro atoms. The Hall–Kier alpha value is 0.991. The second-order valence-corrected chi connectivity index (χ2v) is 3.67. The Morgan fingerprint density at radius 1 is 1.25 bits per heavy atom. The largest absolute Gasteiger partial charge is 0.471 e. The average molecular weight is 85.2 g/mol. The van der Waals surface area contributed by atoms with Crippen molar-refractivity contribution < 1.29 is 4.12 Å². The van der Waals surface area contributed by atoms with Gasteiger partial charge in [0.1, 0.15) is 21.0 Å². The van der Waals surface area contributed by atoms with Crippen LogP contribution in [0.5, 0.6) is 0 Å². The van der Waals surface area contributed by atoms with Crippen molar-refractivity contribution in [2.24, 2.45) is 0 Å². The van der Waals surface area contributed by atoms with Gasteiger partial charge in [-0.1, -0.05) is 0 Å². The standard InChI is InChI=1S/Li.H6OSi2/c;2-1-3/h;2-3H3. The van der Waals surface area contributed by atoms with E-state index in [1.54, 1.807) is 0 Å². The summed E-state index contributed by atoms with van der Waals surface area (Å²) in [6.45, 7) is 0. The molecular weight excluding hydrogens is 79.1 g/mol. The molecule has 4 heavy (non-hydrogen) atoms. The minimum absolute atomic E-state index is 0. The van der Waals surface area contributed by atoms with Crippen LogP contribution in [-0.4, -0.2) is 39.8 Å². The van der Waals surface area contributed by atoms with Gasteiger partial charge in [-0.2, -0.15) is 0 Å². The summed E-state index contributed by atoms with van der Waals surface area (Å²) < 4.78 is 4.53. The Bertz CT molecular complexity index is 6.00. The molecule has 0 N–H and O–H groups in total. The van der Waals surface area contributed by atoms with E-state index in [0.717, 1.165) is 21.0 Å². The third kappa shape index (κ3) is 12.1. The molecule has 0 saturated heterocycles. The molecule has 0 fully saturated rings. The molecule has 0 aromatic heterocycles. The topological polar surface area (TPSA) is 9.23 Å². The zero-order valence-electron chi connectivity index (χ0n) is 3.41. The molecule has 0 aromatic rings. The summed E-state index contributed by atoms with van der Waals surface area (Å²) in [5, 5.41) is 0. The van der Waals surface area contributed by atoms with E-state index in [1.807, 2.05) is 0 Å². The van der Waals surface area contributed by atoms with Gasteiger partial charge in [-0.15, -0.1) is 0 Å². The van der Waals surface area contributed by atoms with Gasteiger partial charge in [0.15, 0.2) is 0 Å². The number of hydrogen-bond donors (Lipinski definition) is 0. The Kier molecular flexibility index (Phi) is 20.0. The van der Waals surface area contributed by atoms with Crippen LogP contribution in [0, 0.1) is 0 Å². The molecule has 0 bridgehead atoms.